The van der Waals surface area contributed by atoms with Crippen LogP contribution in [0.15, 0.2) is 24.3 Å². The van der Waals surface area contributed by atoms with Gasteiger partial charge in [-0.25, -0.2) is 0 Å². The fraction of sp³-hybridized carbons (Fsp3) is 0.533. The van der Waals surface area contributed by atoms with Gasteiger partial charge in [-0.3, -0.25) is 9.69 Å². The molecular weight excluding hydrogens is 240 g/mol. The lowest BCUT2D eigenvalue weighted by Gasteiger charge is -2.22. The number of nitrogens with zero attached hydrogens (tertiary/aromatic N) is 1. The van der Waals surface area contributed by atoms with Crippen molar-refractivity contribution in [3.8, 4) is 0 Å². The number of carboxylic acid groups (broad SMARTS) is 1. The third-order valence-electron chi connectivity index (χ3n) is 3.96. The molecule has 1 aliphatic heterocycles. The van der Waals surface area contributed by atoms with Gasteiger partial charge in [0.1, 0.15) is 0 Å². The lowest BCUT2D eigenvalue weighted by Crippen LogP contribution is -2.28. The van der Waals surface area contributed by atoms with Crippen LogP contribution in [0, 0.1) is 5.92 Å². The highest BCUT2D eigenvalue weighted by molar-refractivity contribution is 5.70. The lowest BCUT2D eigenvalue weighted by atomic mass is 10.0. The molecule has 3 N–H and O–H groups in total. The van der Waals surface area contributed by atoms with Crippen molar-refractivity contribution in [2.24, 2.45) is 11.7 Å². The summed E-state index contributed by atoms with van der Waals surface area (Å²) in [5.74, 6) is -0.205. The molecule has 2 unspecified atom stereocenters. The lowest BCUT2D eigenvalue weighted by molar-refractivity contribution is -0.136. The van der Waals surface area contributed by atoms with Crippen molar-refractivity contribution in [1.82, 2.24) is 4.90 Å². The molecular formula is C15H22N2O2. The average Bonchev–Trinajstić information content (AvgIpc) is 2.72. The number of benzene rings is 1. The SMILES string of the molecule is CC1CC(CN)CN1Cc1ccccc1CC(=O)O. The highest BCUT2D eigenvalue weighted by Gasteiger charge is 2.28. The molecule has 1 aromatic carbocycles. The van der Waals surface area contributed by atoms with Crippen LogP contribution in [-0.2, 0) is 17.8 Å². The summed E-state index contributed by atoms with van der Waals surface area (Å²) >= 11 is 0. The highest BCUT2D eigenvalue weighted by Crippen LogP contribution is 2.25. The quantitative estimate of drug-likeness (QED) is 0.843. The first kappa shape index (κ1) is 14.0. The van der Waals surface area contributed by atoms with Crippen LogP contribution in [0.3, 0.4) is 0 Å². The topological polar surface area (TPSA) is 66.6 Å². The maximum absolute atomic E-state index is 10.9. The number of carboxylic acids is 1. The molecule has 1 aromatic rings. The minimum Gasteiger partial charge on any atom is -0.481 e. The molecule has 0 radical (unpaired) electrons. The molecule has 2 atom stereocenters. The molecule has 2 rings (SSSR count). The Morgan fingerprint density at radius 3 is 2.68 bits per heavy atom. The maximum Gasteiger partial charge on any atom is 0.307 e. The van der Waals surface area contributed by atoms with E-state index in [0.29, 0.717) is 12.0 Å². The molecule has 4 nitrogen and oxygen atoms in total. The Hall–Kier alpha value is -1.39. The Balaban J connectivity index is 2.08. The molecule has 0 amide bonds. The first-order chi connectivity index (χ1) is 9.10. The maximum atomic E-state index is 10.9. The molecule has 0 saturated carbocycles. The van der Waals surface area contributed by atoms with Crippen molar-refractivity contribution in [3.05, 3.63) is 35.4 Å². The molecule has 1 fully saturated rings. The average molecular weight is 262 g/mol. The molecule has 0 aliphatic carbocycles. The van der Waals surface area contributed by atoms with E-state index in [2.05, 4.69) is 11.8 Å². The fourth-order valence-electron chi connectivity index (χ4n) is 2.87. The molecule has 104 valence electrons. The predicted octanol–water partition coefficient (Wildman–Crippen LogP) is 1.48. The zero-order chi connectivity index (χ0) is 13.8. The second-order valence-corrected chi connectivity index (χ2v) is 5.46. The normalized spacial score (nSPS) is 23.7. The van der Waals surface area contributed by atoms with Gasteiger partial charge < -0.3 is 10.8 Å². The fourth-order valence-corrected chi connectivity index (χ4v) is 2.87. The Labute approximate surface area is 114 Å². The number of rotatable bonds is 5. The molecule has 1 aliphatic rings. The van der Waals surface area contributed by atoms with E-state index in [1.807, 2.05) is 24.3 Å². The van der Waals surface area contributed by atoms with Gasteiger partial charge in [0, 0.05) is 19.1 Å². The number of hydrogen-bond acceptors (Lipinski definition) is 3. The number of likely N-dealkylation sites (tertiary alicyclic amines) is 1. The number of aliphatic carboxylic acids is 1. The number of carbonyl (C=O) groups is 1. The van der Waals surface area contributed by atoms with E-state index in [9.17, 15) is 4.79 Å². The smallest absolute Gasteiger partial charge is 0.307 e. The summed E-state index contributed by atoms with van der Waals surface area (Å²) in [6.45, 7) is 4.78. The van der Waals surface area contributed by atoms with Crippen molar-refractivity contribution in [1.29, 1.82) is 0 Å². The monoisotopic (exact) mass is 262 g/mol. The molecule has 0 spiro atoms. The zero-order valence-electron chi connectivity index (χ0n) is 11.4. The van der Waals surface area contributed by atoms with Gasteiger partial charge in [-0.1, -0.05) is 24.3 Å². The standard InChI is InChI=1S/C15H22N2O2/c1-11-6-12(8-16)9-17(11)10-14-5-3-2-4-13(14)7-15(18)19/h2-5,11-12H,6-10,16H2,1H3,(H,18,19). The third kappa shape index (κ3) is 3.55. The minimum absolute atomic E-state index is 0.0959. The summed E-state index contributed by atoms with van der Waals surface area (Å²) < 4.78 is 0. The largest absolute Gasteiger partial charge is 0.481 e. The second kappa shape index (κ2) is 6.17. The predicted molar refractivity (Wildman–Crippen MR) is 74.8 cm³/mol. The number of hydrogen-bond donors (Lipinski definition) is 2. The van der Waals surface area contributed by atoms with Crippen LogP contribution in [0.5, 0.6) is 0 Å². The van der Waals surface area contributed by atoms with E-state index in [1.165, 1.54) is 0 Å². The van der Waals surface area contributed by atoms with Crippen molar-refractivity contribution in [3.63, 3.8) is 0 Å². The molecule has 1 heterocycles. The van der Waals surface area contributed by atoms with Crippen LogP contribution in [0.4, 0.5) is 0 Å². The van der Waals surface area contributed by atoms with Gasteiger partial charge in [0.05, 0.1) is 6.42 Å². The Morgan fingerprint density at radius 2 is 2.11 bits per heavy atom. The van der Waals surface area contributed by atoms with E-state index in [4.69, 9.17) is 10.8 Å². The van der Waals surface area contributed by atoms with Crippen molar-refractivity contribution in [2.45, 2.75) is 32.4 Å². The first-order valence-corrected chi connectivity index (χ1v) is 6.82. The molecule has 4 heteroatoms. The van der Waals surface area contributed by atoms with Crippen molar-refractivity contribution < 1.29 is 9.90 Å². The summed E-state index contributed by atoms with van der Waals surface area (Å²) in [6, 6.07) is 8.33. The summed E-state index contributed by atoms with van der Waals surface area (Å²) in [5.41, 5.74) is 7.78. The van der Waals surface area contributed by atoms with Crippen molar-refractivity contribution in [2.75, 3.05) is 13.1 Å². The molecule has 1 saturated heterocycles. The van der Waals surface area contributed by atoms with Gasteiger partial charge in [0.15, 0.2) is 0 Å². The van der Waals surface area contributed by atoms with Gasteiger partial charge in [-0.05, 0) is 36.9 Å². The van der Waals surface area contributed by atoms with Gasteiger partial charge in [0.25, 0.3) is 0 Å². The Bertz CT molecular complexity index is 448. The van der Waals surface area contributed by atoms with Crippen LogP contribution in [0.25, 0.3) is 0 Å². The van der Waals surface area contributed by atoms with Crippen LogP contribution in [0.2, 0.25) is 0 Å². The number of nitrogens with two attached hydrogens (primary N) is 1. The minimum atomic E-state index is -0.776. The molecule has 0 aromatic heterocycles. The molecule has 19 heavy (non-hydrogen) atoms. The van der Waals surface area contributed by atoms with Gasteiger partial charge in [-0.2, -0.15) is 0 Å². The summed E-state index contributed by atoms with van der Waals surface area (Å²) in [4.78, 5) is 13.3. The van der Waals surface area contributed by atoms with Gasteiger partial charge >= 0.3 is 5.97 Å². The Kier molecular flexibility index (Phi) is 4.56. The van der Waals surface area contributed by atoms with E-state index >= 15 is 0 Å². The van der Waals surface area contributed by atoms with Crippen LogP contribution in [-0.4, -0.2) is 35.1 Å². The van der Waals surface area contributed by atoms with Crippen LogP contribution >= 0.6 is 0 Å². The second-order valence-electron chi connectivity index (χ2n) is 5.46. The zero-order valence-corrected chi connectivity index (χ0v) is 11.4. The summed E-state index contributed by atoms with van der Waals surface area (Å²) in [7, 11) is 0. The van der Waals surface area contributed by atoms with Gasteiger partial charge in [0.2, 0.25) is 0 Å². The van der Waals surface area contributed by atoms with Crippen LogP contribution < -0.4 is 5.73 Å². The van der Waals surface area contributed by atoms with E-state index in [-0.39, 0.29) is 6.42 Å². The Morgan fingerprint density at radius 1 is 1.42 bits per heavy atom. The van der Waals surface area contributed by atoms with Crippen molar-refractivity contribution >= 4 is 5.97 Å². The summed E-state index contributed by atoms with van der Waals surface area (Å²) in [5, 5.41) is 8.95. The van der Waals surface area contributed by atoms with E-state index < -0.39 is 5.97 Å². The van der Waals surface area contributed by atoms with Gasteiger partial charge in [-0.15, -0.1) is 0 Å². The summed E-state index contributed by atoms with van der Waals surface area (Å²) in [6.07, 6.45) is 1.23. The van der Waals surface area contributed by atoms with E-state index in [1.54, 1.807) is 0 Å². The van der Waals surface area contributed by atoms with E-state index in [0.717, 1.165) is 37.2 Å². The van der Waals surface area contributed by atoms with Crippen LogP contribution in [0.1, 0.15) is 24.5 Å². The highest BCUT2D eigenvalue weighted by atomic mass is 16.4. The third-order valence-corrected chi connectivity index (χ3v) is 3.96. The first-order valence-electron chi connectivity index (χ1n) is 6.82. The molecule has 0 bridgehead atoms.